The summed E-state index contributed by atoms with van der Waals surface area (Å²) >= 11 is 3.24. The Labute approximate surface area is 119 Å². The van der Waals surface area contributed by atoms with Crippen LogP contribution in [0.5, 0.6) is 0 Å². The Morgan fingerprint density at radius 3 is 3.00 bits per heavy atom. The van der Waals surface area contributed by atoms with Crippen molar-refractivity contribution in [3.05, 3.63) is 47.3 Å². The molecule has 3 rings (SSSR count). The molecule has 2 heterocycles. The Morgan fingerprint density at radius 2 is 2.21 bits per heavy atom. The molecule has 0 fully saturated rings. The number of aromatic amines is 1. The molecule has 96 valence electrons. The van der Waals surface area contributed by atoms with Gasteiger partial charge in [-0.1, -0.05) is 18.2 Å². The topological polar surface area (TPSA) is 53.6 Å². The summed E-state index contributed by atoms with van der Waals surface area (Å²) < 4.78 is 1.18. The van der Waals surface area contributed by atoms with Gasteiger partial charge in [0.1, 0.15) is 0 Å². The number of nitrogens with one attached hydrogen (secondary N) is 2. The molecule has 0 atom stereocenters. The summed E-state index contributed by atoms with van der Waals surface area (Å²) in [6.45, 7) is 2.06. The van der Waals surface area contributed by atoms with Gasteiger partial charge < -0.3 is 5.32 Å². The molecule has 0 aliphatic carbocycles. The fourth-order valence-electron chi connectivity index (χ4n) is 1.62. The van der Waals surface area contributed by atoms with E-state index in [4.69, 9.17) is 0 Å². The molecular weight excluding hydrogens is 276 g/mol. The number of anilines is 2. The van der Waals surface area contributed by atoms with Crippen molar-refractivity contribution < 1.29 is 0 Å². The minimum atomic E-state index is 0.657. The van der Waals surface area contributed by atoms with Crippen LogP contribution in [0.4, 0.5) is 11.6 Å². The third-order valence-corrected chi connectivity index (χ3v) is 4.34. The average molecular weight is 288 g/mol. The van der Waals surface area contributed by atoms with Gasteiger partial charge >= 0.3 is 0 Å². The second kappa shape index (κ2) is 5.46. The zero-order chi connectivity index (χ0) is 13.1. The van der Waals surface area contributed by atoms with Gasteiger partial charge in [0.15, 0.2) is 0 Å². The summed E-state index contributed by atoms with van der Waals surface area (Å²) in [4.78, 5) is 4.40. The smallest absolute Gasteiger partial charge is 0.223 e. The molecule has 0 unspecified atom stereocenters. The molecular formula is C13H12N4S2. The van der Waals surface area contributed by atoms with Gasteiger partial charge in [-0.3, -0.25) is 0 Å². The van der Waals surface area contributed by atoms with E-state index in [0.29, 0.717) is 5.95 Å². The number of thiophene rings is 1. The van der Waals surface area contributed by atoms with Gasteiger partial charge in [-0.2, -0.15) is 4.98 Å². The van der Waals surface area contributed by atoms with Crippen LogP contribution in [-0.4, -0.2) is 15.2 Å². The van der Waals surface area contributed by atoms with Crippen molar-refractivity contribution >= 4 is 34.7 Å². The Morgan fingerprint density at radius 1 is 1.26 bits per heavy atom. The average Bonchev–Trinajstić information content (AvgIpc) is 3.02. The van der Waals surface area contributed by atoms with Crippen LogP contribution in [0.15, 0.2) is 51.1 Å². The number of aromatic nitrogens is 3. The molecule has 0 spiro atoms. The summed E-state index contributed by atoms with van der Waals surface area (Å²) in [5, 5.41) is 13.0. The number of rotatable bonds is 4. The summed E-state index contributed by atoms with van der Waals surface area (Å²) in [6.07, 6.45) is 0. The third-order valence-electron chi connectivity index (χ3n) is 2.43. The quantitative estimate of drug-likeness (QED) is 0.760. The van der Waals surface area contributed by atoms with E-state index in [9.17, 15) is 0 Å². The maximum atomic E-state index is 4.40. The Bertz CT molecular complexity index is 661. The van der Waals surface area contributed by atoms with Gasteiger partial charge in [0.25, 0.3) is 0 Å². The van der Waals surface area contributed by atoms with E-state index in [1.807, 2.05) is 23.6 Å². The molecule has 0 aliphatic heterocycles. The molecule has 0 bridgehead atoms. The van der Waals surface area contributed by atoms with Gasteiger partial charge in [-0.15, -0.1) is 16.4 Å². The number of aryl methyl sites for hydroxylation is 1. The van der Waals surface area contributed by atoms with Crippen LogP contribution in [0.1, 0.15) is 5.56 Å². The highest BCUT2D eigenvalue weighted by Crippen LogP contribution is 2.29. The number of hydrogen-bond acceptors (Lipinski definition) is 5. The molecule has 0 saturated carbocycles. The fourth-order valence-corrected chi connectivity index (χ4v) is 3.20. The fraction of sp³-hybridized carbons (Fsp3) is 0.0769. The van der Waals surface area contributed by atoms with Crippen molar-refractivity contribution in [3.8, 4) is 0 Å². The van der Waals surface area contributed by atoms with Gasteiger partial charge in [-0.25, -0.2) is 5.10 Å². The lowest BCUT2D eigenvalue weighted by Crippen LogP contribution is -1.92. The number of nitrogens with zero attached hydrogens (tertiary/aromatic N) is 2. The molecule has 4 nitrogen and oxygen atoms in total. The van der Waals surface area contributed by atoms with Gasteiger partial charge in [0.2, 0.25) is 11.1 Å². The van der Waals surface area contributed by atoms with Crippen LogP contribution < -0.4 is 5.32 Å². The molecule has 19 heavy (non-hydrogen) atoms. The Kier molecular flexibility index (Phi) is 3.52. The van der Waals surface area contributed by atoms with Crippen molar-refractivity contribution in [2.24, 2.45) is 0 Å². The summed E-state index contributed by atoms with van der Waals surface area (Å²) in [6, 6.07) is 12.2. The van der Waals surface area contributed by atoms with Crippen molar-refractivity contribution in [1.82, 2.24) is 15.2 Å². The molecule has 0 radical (unpaired) electrons. The first-order valence-corrected chi connectivity index (χ1v) is 7.47. The first-order valence-electron chi connectivity index (χ1n) is 5.77. The van der Waals surface area contributed by atoms with Crippen molar-refractivity contribution in [2.45, 2.75) is 16.3 Å². The zero-order valence-electron chi connectivity index (χ0n) is 10.3. The van der Waals surface area contributed by atoms with Gasteiger partial charge in [0.05, 0.1) is 4.21 Å². The summed E-state index contributed by atoms with van der Waals surface area (Å²) in [5.41, 5.74) is 2.21. The van der Waals surface area contributed by atoms with Crippen LogP contribution in [0, 0.1) is 6.92 Å². The highest BCUT2D eigenvalue weighted by atomic mass is 32.2. The van der Waals surface area contributed by atoms with Crippen LogP contribution in [0.25, 0.3) is 0 Å². The van der Waals surface area contributed by atoms with E-state index in [0.717, 1.165) is 10.8 Å². The number of benzene rings is 1. The molecule has 0 saturated heterocycles. The largest absolute Gasteiger partial charge is 0.325 e. The molecule has 2 aromatic heterocycles. The highest BCUT2D eigenvalue weighted by Gasteiger charge is 2.06. The standard InChI is InChI=1S/C13H12N4S2/c1-9-4-2-5-10(8-9)14-12-15-13(17-16-12)19-11-6-3-7-18-11/h2-8H,1H3,(H2,14,15,16,17). The number of hydrogen-bond donors (Lipinski definition) is 2. The SMILES string of the molecule is Cc1cccc(Nc2nc(Sc3cccs3)n[nH]2)c1. The van der Waals surface area contributed by atoms with Crippen LogP contribution >= 0.6 is 23.1 Å². The lowest BCUT2D eigenvalue weighted by Gasteiger charge is -2.02. The minimum Gasteiger partial charge on any atom is -0.325 e. The maximum Gasteiger partial charge on any atom is 0.223 e. The second-order valence-corrected chi connectivity index (χ2v) is 6.21. The molecule has 3 aromatic rings. The van der Waals surface area contributed by atoms with E-state index in [1.165, 1.54) is 9.77 Å². The highest BCUT2D eigenvalue weighted by molar-refractivity contribution is 8.01. The lowest BCUT2D eigenvalue weighted by molar-refractivity contribution is 0.975. The summed E-state index contributed by atoms with van der Waals surface area (Å²) in [7, 11) is 0. The Hall–Kier alpha value is -1.79. The Balaban J connectivity index is 1.71. The molecule has 2 N–H and O–H groups in total. The van der Waals surface area contributed by atoms with E-state index >= 15 is 0 Å². The molecule has 0 amide bonds. The van der Waals surface area contributed by atoms with Gasteiger partial charge in [0, 0.05) is 5.69 Å². The van der Waals surface area contributed by atoms with Crippen LogP contribution in [-0.2, 0) is 0 Å². The molecule has 0 aliphatic rings. The zero-order valence-corrected chi connectivity index (χ0v) is 11.9. The van der Waals surface area contributed by atoms with Crippen LogP contribution in [0.2, 0.25) is 0 Å². The predicted octanol–water partition coefficient (Wildman–Crippen LogP) is 4.07. The minimum absolute atomic E-state index is 0.657. The predicted molar refractivity (Wildman–Crippen MR) is 79.3 cm³/mol. The summed E-state index contributed by atoms with van der Waals surface area (Å²) in [5.74, 6) is 0.657. The van der Waals surface area contributed by atoms with E-state index in [-0.39, 0.29) is 0 Å². The normalized spacial score (nSPS) is 10.6. The number of H-pyrrole nitrogens is 1. The van der Waals surface area contributed by atoms with E-state index in [2.05, 4.69) is 45.6 Å². The van der Waals surface area contributed by atoms with Crippen molar-refractivity contribution in [1.29, 1.82) is 0 Å². The second-order valence-electron chi connectivity index (χ2n) is 4.00. The first kappa shape index (κ1) is 12.3. The first-order chi connectivity index (χ1) is 9.29. The molecule has 1 aromatic carbocycles. The van der Waals surface area contributed by atoms with E-state index < -0.39 is 0 Å². The van der Waals surface area contributed by atoms with Gasteiger partial charge in [-0.05, 0) is 47.8 Å². The van der Waals surface area contributed by atoms with Crippen molar-refractivity contribution in [3.63, 3.8) is 0 Å². The molecule has 6 heteroatoms. The third kappa shape index (κ3) is 3.15. The van der Waals surface area contributed by atoms with Crippen LogP contribution in [0.3, 0.4) is 0 Å². The lowest BCUT2D eigenvalue weighted by atomic mass is 10.2. The monoisotopic (exact) mass is 288 g/mol. The van der Waals surface area contributed by atoms with Crippen molar-refractivity contribution in [2.75, 3.05) is 5.32 Å². The maximum absolute atomic E-state index is 4.40. The van der Waals surface area contributed by atoms with E-state index in [1.54, 1.807) is 23.1 Å².